The lowest BCUT2D eigenvalue weighted by Crippen LogP contribution is -2.38. The molecule has 1 fully saturated rings. The summed E-state index contributed by atoms with van der Waals surface area (Å²) in [5.41, 5.74) is 7.19. The molecule has 0 amide bonds. The monoisotopic (exact) mass is 670 g/mol. The molecule has 3 N–H and O–H groups in total. The van der Waals surface area contributed by atoms with Gasteiger partial charge in [-0.1, -0.05) is 38.1 Å². The van der Waals surface area contributed by atoms with E-state index in [9.17, 15) is 14.3 Å². The minimum absolute atomic E-state index is 0.0869. The third-order valence-electron chi connectivity index (χ3n) is 8.40. The summed E-state index contributed by atoms with van der Waals surface area (Å²) in [6, 6.07) is 18.4. The zero-order valence-corrected chi connectivity index (χ0v) is 29.7. The summed E-state index contributed by atoms with van der Waals surface area (Å²) in [6.07, 6.45) is 6.20. The highest BCUT2D eigenvalue weighted by molar-refractivity contribution is 5.86. The molecule has 2 aromatic heterocycles. The van der Waals surface area contributed by atoms with E-state index in [0.29, 0.717) is 26.1 Å². The number of halogens is 1. The summed E-state index contributed by atoms with van der Waals surface area (Å²) in [7, 11) is 0. The number of carboxylic acids is 1. The van der Waals surface area contributed by atoms with Gasteiger partial charge in [-0.2, -0.15) is 0 Å². The molecule has 0 spiro atoms. The smallest absolute Gasteiger partial charge is 0.307 e. The number of aliphatic carboxylic acids is 1. The number of carboxylic acid groups (broad SMARTS) is 1. The van der Waals surface area contributed by atoms with Crippen LogP contribution >= 0.6 is 0 Å². The summed E-state index contributed by atoms with van der Waals surface area (Å²) in [6.45, 7) is 15.1. The molecule has 3 heterocycles. The molecule has 4 aromatic rings. The number of hydrogen-bond donors (Lipinski definition) is 3. The largest absolute Gasteiger partial charge is 0.493 e. The number of anilines is 1. The number of nitrogens with zero attached hydrogens (tertiary/aromatic N) is 3. The molecule has 49 heavy (non-hydrogen) atoms. The normalized spacial score (nSPS) is 14.2. The Morgan fingerprint density at radius 2 is 1.57 bits per heavy atom. The number of pyridine rings is 2. The van der Waals surface area contributed by atoms with Gasteiger partial charge >= 0.3 is 5.97 Å². The Balaban J connectivity index is 0.00000101. The molecule has 0 atom stereocenters. The Labute approximate surface area is 290 Å². The van der Waals surface area contributed by atoms with Crippen LogP contribution in [0.15, 0.2) is 73.1 Å². The predicted octanol–water partition coefficient (Wildman–Crippen LogP) is 7.53. The topological polar surface area (TPSA) is 108 Å². The maximum atomic E-state index is 13.2. The molecule has 1 saturated heterocycles. The van der Waals surface area contributed by atoms with Crippen molar-refractivity contribution in [2.24, 2.45) is 5.41 Å². The summed E-state index contributed by atoms with van der Waals surface area (Å²) < 4.78 is 19.3. The van der Waals surface area contributed by atoms with E-state index in [1.807, 2.05) is 43.3 Å². The zero-order chi connectivity index (χ0) is 35.6. The Morgan fingerprint density at radius 3 is 2.16 bits per heavy atom. The molecule has 9 heteroatoms. The van der Waals surface area contributed by atoms with Gasteiger partial charge in [0.1, 0.15) is 11.6 Å². The van der Waals surface area contributed by atoms with E-state index in [2.05, 4.69) is 29.0 Å². The maximum Gasteiger partial charge on any atom is 0.307 e. The van der Waals surface area contributed by atoms with Crippen LogP contribution in [0.3, 0.4) is 0 Å². The van der Waals surface area contributed by atoms with Crippen molar-refractivity contribution in [3.63, 3.8) is 0 Å². The molecule has 0 radical (unpaired) electrons. The lowest BCUT2D eigenvalue weighted by atomic mass is 9.82. The Kier molecular flexibility index (Phi) is 12.9. The van der Waals surface area contributed by atoms with Gasteiger partial charge in [-0.05, 0) is 99.0 Å². The Hall–Kier alpha value is -4.34. The molecule has 262 valence electrons. The summed E-state index contributed by atoms with van der Waals surface area (Å²) in [5, 5.41) is 22.0. The third-order valence-corrected chi connectivity index (χ3v) is 8.40. The van der Waals surface area contributed by atoms with Crippen molar-refractivity contribution in [2.45, 2.75) is 85.9 Å². The first-order valence-electron chi connectivity index (χ1n) is 17.0. The molecule has 1 aliphatic rings. The van der Waals surface area contributed by atoms with Crippen LogP contribution in [-0.2, 0) is 30.7 Å². The molecule has 1 aliphatic heterocycles. The number of aryl methyl sites for hydroxylation is 1. The SMILES string of the molecule is CC(C)(C)O.Cc1nc(CNCc2ccncc2)c(-c2ccc(OCCc3ccc(F)cc3)cc2)c(N2CCC(C)(C)CC2)c1CC(=O)O. The second-order valence-electron chi connectivity index (χ2n) is 14.4. The number of ether oxygens (including phenoxy) is 1. The number of hydrogen-bond acceptors (Lipinski definition) is 7. The van der Waals surface area contributed by atoms with Gasteiger partial charge in [-0.25, -0.2) is 4.39 Å². The van der Waals surface area contributed by atoms with Gasteiger partial charge in [-0.15, -0.1) is 0 Å². The van der Waals surface area contributed by atoms with Crippen LogP contribution in [0.25, 0.3) is 11.1 Å². The highest BCUT2D eigenvalue weighted by Crippen LogP contribution is 2.42. The van der Waals surface area contributed by atoms with E-state index in [1.165, 1.54) is 12.1 Å². The Bertz CT molecular complexity index is 1640. The molecule has 8 nitrogen and oxygen atoms in total. The quantitative estimate of drug-likeness (QED) is 0.142. The molecular weight excluding hydrogens is 619 g/mol. The van der Waals surface area contributed by atoms with Gasteiger partial charge in [0.05, 0.1) is 30.0 Å². The fraction of sp³-hybridized carbons (Fsp3) is 0.425. The van der Waals surface area contributed by atoms with E-state index in [4.69, 9.17) is 14.8 Å². The molecule has 5 rings (SSSR count). The summed E-state index contributed by atoms with van der Waals surface area (Å²) in [5.74, 6) is -0.379. The van der Waals surface area contributed by atoms with E-state index >= 15 is 0 Å². The van der Waals surface area contributed by atoms with Gasteiger partial charge in [0.15, 0.2) is 0 Å². The van der Waals surface area contributed by atoms with E-state index < -0.39 is 11.6 Å². The molecule has 2 aromatic carbocycles. The molecular formula is C40H51FN4O4. The first kappa shape index (κ1) is 37.5. The van der Waals surface area contributed by atoms with Crippen molar-refractivity contribution in [2.75, 3.05) is 24.6 Å². The van der Waals surface area contributed by atoms with Crippen LogP contribution in [0.4, 0.5) is 10.1 Å². The van der Waals surface area contributed by atoms with Crippen molar-refractivity contribution in [3.05, 3.63) is 107 Å². The third kappa shape index (κ3) is 11.9. The average molecular weight is 671 g/mol. The highest BCUT2D eigenvalue weighted by Gasteiger charge is 2.30. The van der Waals surface area contributed by atoms with Gasteiger partial charge in [-0.3, -0.25) is 14.8 Å². The summed E-state index contributed by atoms with van der Waals surface area (Å²) >= 11 is 0. The number of aromatic nitrogens is 2. The van der Waals surface area contributed by atoms with Crippen LogP contribution in [-0.4, -0.2) is 51.4 Å². The molecule has 0 aliphatic carbocycles. The van der Waals surface area contributed by atoms with Gasteiger partial charge in [0, 0.05) is 61.8 Å². The molecule has 0 saturated carbocycles. The van der Waals surface area contributed by atoms with Gasteiger partial charge in [0.2, 0.25) is 0 Å². The number of piperidine rings is 1. The number of carbonyl (C=O) groups is 1. The second kappa shape index (κ2) is 16.9. The van der Waals surface area contributed by atoms with E-state index in [0.717, 1.165) is 76.6 Å². The first-order valence-corrected chi connectivity index (χ1v) is 17.0. The Morgan fingerprint density at radius 1 is 0.959 bits per heavy atom. The van der Waals surface area contributed by atoms with Crippen LogP contribution in [0.1, 0.15) is 75.5 Å². The van der Waals surface area contributed by atoms with Crippen LogP contribution in [0.5, 0.6) is 5.75 Å². The van der Waals surface area contributed by atoms with E-state index in [-0.39, 0.29) is 17.7 Å². The molecule has 0 unspecified atom stereocenters. The fourth-order valence-corrected chi connectivity index (χ4v) is 5.74. The number of nitrogens with one attached hydrogen (secondary N) is 1. The van der Waals surface area contributed by atoms with Gasteiger partial charge < -0.3 is 25.2 Å². The predicted molar refractivity (Wildman–Crippen MR) is 193 cm³/mol. The number of rotatable bonds is 12. The average Bonchev–Trinajstić information content (AvgIpc) is 3.03. The second-order valence-corrected chi connectivity index (χ2v) is 14.4. The maximum absolute atomic E-state index is 13.2. The lowest BCUT2D eigenvalue weighted by molar-refractivity contribution is -0.136. The number of benzene rings is 2. The van der Waals surface area contributed by atoms with Crippen LogP contribution in [0.2, 0.25) is 0 Å². The lowest BCUT2D eigenvalue weighted by Gasteiger charge is -2.40. The highest BCUT2D eigenvalue weighted by atomic mass is 19.1. The van der Waals surface area contributed by atoms with Crippen molar-refractivity contribution >= 4 is 11.7 Å². The minimum atomic E-state index is -0.868. The minimum Gasteiger partial charge on any atom is -0.493 e. The fourth-order valence-electron chi connectivity index (χ4n) is 5.74. The van der Waals surface area contributed by atoms with Crippen LogP contribution < -0.4 is 15.0 Å². The van der Waals surface area contributed by atoms with Crippen molar-refractivity contribution in [3.8, 4) is 16.9 Å². The van der Waals surface area contributed by atoms with Crippen LogP contribution in [0, 0.1) is 18.2 Å². The van der Waals surface area contributed by atoms with E-state index in [1.54, 1.807) is 45.3 Å². The number of aliphatic hydroxyl groups is 1. The summed E-state index contributed by atoms with van der Waals surface area (Å²) in [4.78, 5) is 23.6. The van der Waals surface area contributed by atoms with Gasteiger partial charge in [0.25, 0.3) is 0 Å². The zero-order valence-electron chi connectivity index (χ0n) is 29.7. The first-order chi connectivity index (χ1) is 23.2. The van der Waals surface area contributed by atoms with Crippen molar-refractivity contribution in [1.29, 1.82) is 0 Å². The van der Waals surface area contributed by atoms with Crippen molar-refractivity contribution < 1.29 is 24.1 Å². The standard InChI is InChI=1S/C36H41FN4O3.C4H10O/c1-25-31(22-33(42)43)35(41-19-15-36(2,3)16-20-41)34(32(40-25)24-39-23-27-12-17-38-18-13-27)28-6-10-30(11-7-28)44-21-14-26-4-8-29(37)9-5-26;1-4(2,3)5/h4-13,17-18,39H,14-16,19-24H2,1-3H3,(H,42,43);5H,1-3H3. The van der Waals surface area contributed by atoms with Crippen molar-refractivity contribution in [1.82, 2.24) is 15.3 Å². The molecule has 0 bridgehead atoms.